The third-order valence-electron chi connectivity index (χ3n) is 0.466. The molecule has 1 atom stereocenters. The molecule has 0 aromatic rings. The van der Waals surface area contributed by atoms with Crippen molar-refractivity contribution in [3.63, 3.8) is 0 Å². The normalized spacial score (nSPS) is 14.5. The van der Waals surface area contributed by atoms with Gasteiger partial charge in [-0.3, -0.25) is 0 Å². The number of likely N-dealkylation sites (N-methyl/N-ethyl adjacent to an activating group) is 1. The predicted molar refractivity (Wildman–Crippen MR) is 27.3 cm³/mol. The van der Waals surface area contributed by atoms with Crippen LogP contribution in [0.2, 0.25) is 0 Å². The van der Waals surface area contributed by atoms with Crippen LogP contribution in [0.15, 0.2) is 0 Å². The molecule has 0 aromatic heterocycles. The Bertz CT molecular complexity index is 26.7. The Hall–Kier alpha value is -0.0800. The fourth-order valence-electron chi connectivity index (χ4n) is 0.262. The Morgan fingerprint density at radius 2 is 2.50 bits per heavy atom. The van der Waals surface area contributed by atoms with E-state index in [1.807, 2.05) is 7.05 Å². The molecule has 0 amide bonds. The summed E-state index contributed by atoms with van der Waals surface area (Å²) in [6.07, 6.45) is 0. The van der Waals surface area contributed by atoms with Crippen molar-refractivity contribution in [2.24, 2.45) is 5.73 Å². The molecule has 0 heterocycles. The van der Waals surface area contributed by atoms with Crippen LogP contribution in [0.1, 0.15) is 0 Å². The minimum absolute atomic E-state index is 0.0370. The lowest BCUT2D eigenvalue weighted by Gasteiger charge is -1.98. The SMILES string of the molecule is [CH2]C(N)CNC. The van der Waals surface area contributed by atoms with Gasteiger partial charge >= 0.3 is 0 Å². The molecule has 1 radical (unpaired) electrons. The van der Waals surface area contributed by atoms with E-state index in [0.717, 1.165) is 6.54 Å². The zero-order valence-electron chi connectivity index (χ0n) is 4.07. The maximum absolute atomic E-state index is 5.23. The predicted octanol–water partition coefficient (Wildman–Crippen LogP) is -0.633. The summed E-state index contributed by atoms with van der Waals surface area (Å²) in [4.78, 5) is 0. The summed E-state index contributed by atoms with van der Waals surface area (Å²) < 4.78 is 0. The highest BCUT2D eigenvalue weighted by Crippen LogP contribution is 1.62. The maximum Gasteiger partial charge on any atom is 0.0165 e. The van der Waals surface area contributed by atoms with Crippen molar-refractivity contribution in [3.8, 4) is 0 Å². The molecule has 2 heteroatoms. The summed E-state index contributed by atoms with van der Waals surface area (Å²) in [5, 5.41) is 2.88. The largest absolute Gasteiger partial charge is 0.327 e. The van der Waals surface area contributed by atoms with Crippen molar-refractivity contribution < 1.29 is 0 Å². The molecule has 0 aliphatic carbocycles. The van der Waals surface area contributed by atoms with Gasteiger partial charge in [0, 0.05) is 12.6 Å². The van der Waals surface area contributed by atoms with Gasteiger partial charge in [-0.05, 0) is 14.0 Å². The summed E-state index contributed by atoms with van der Waals surface area (Å²) in [7, 11) is 1.85. The van der Waals surface area contributed by atoms with Gasteiger partial charge in [-0.1, -0.05) is 0 Å². The first kappa shape index (κ1) is 5.92. The monoisotopic (exact) mass is 87.1 g/mol. The fraction of sp³-hybridized carbons (Fsp3) is 0.750. The lowest BCUT2D eigenvalue weighted by Crippen LogP contribution is -2.28. The first-order chi connectivity index (χ1) is 2.77. The molecule has 0 rings (SSSR count). The zero-order valence-corrected chi connectivity index (χ0v) is 4.07. The van der Waals surface area contributed by atoms with Gasteiger partial charge in [-0.2, -0.15) is 0 Å². The van der Waals surface area contributed by atoms with E-state index in [0.29, 0.717) is 0 Å². The van der Waals surface area contributed by atoms with E-state index >= 15 is 0 Å². The smallest absolute Gasteiger partial charge is 0.0165 e. The van der Waals surface area contributed by atoms with Crippen LogP contribution in [-0.4, -0.2) is 19.6 Å². The minimum atomic E-state index is 0.0370. The summed E-state index contributed by atoms with van der Waals surface area (Å²) in [6.45, 7) is 4.34. The van der Waals surface area contributed by atoms with Crippen molar-refractivity contribution in [1.82, 2.24) is 5.32 Å². The first-order valence-electron chi connectivity index (χ1n) is 2.00. The molecule has 0 aliphatic heterocycles. The van der Waals surface area contributed by atoms with E-state index in [1.54, 1.807) is 0 Å². The highest BCUT2D eigenvalue weighted by Gasteiger charge is 1.84. The van der Waals surface area contributed by atoms with Gasteiger partial charge in [-0.25, -0.2) is 0 Å². The molecule has 0 saturated carbocycles. The number of hydrogen-bond acceptors (Lipinski definition) is 2. The van der Waals surface area contributed by atoms with Crippen LogP contribution in [0.5, 0.6) is 0 Å². The Kier molecular flexibility index (Phi) is 3.08. The van der Waals surface area contributed by atoms with Crippen molar-refractivity contribution in [1.29, 1.82) is 0 Å². The second kappa shape index (κ2) is 3.12. The molecule has 6 heavy (non-hydrogen) atoms. The Morgan fingerprint density at radius 1 is 2.00 bits per heavy atom. The molecular weight excluding hydrogens is 76.1 g/mol. The van der Waals surface area contributed by atoms with E-state index in [4.69, 9.17) is 5.73 Å². The standard InChI is InChI=1S/C4H11N2/c1-4(5)3-6-2/h4,6H,1,3,5H2,2H3. The third kappa shape index (κ3) is 3.92. The van der Waals surface area contributed by atoms with Crippen molar-refractivity contribution >= 4 is 0 Å². The second-order valence-electron chi connectivity index (χ2n) is 1.32. The van der Waals surface area contributed by atoms with E-state index in [-0.39, 0.29) is 6.04 Å². The lowest BCUT2D eigenvalue weighted by atomic mass is 10.4. The average molecular weight is 87.1 g/mol. The van der Waals surface area contributed by atoms with Crippen molar-refractivity contribution in [2.45, 2.75) is 6.04 Å². The van der Waals surface area contributed by atoms with Gasteiger partial charge in [0.1, 0.15) is 0 Å². The molecular formula is C4H11N2. The number of hydrogen-bond donors (Lipinski definition) is 2. The van der Waals surface area contributed by atoms with Gasteiger partial charge in [0.05, 0.1) is 0 Å². The molecule has 0 aliphatic rings. The second-order valence-corrected chi connectivity index (χ2v) is 1.32. The highest BCUT2D eigenvalue weighted by atomic mass is 14.8. The Labute approximate surface area is 38.7 Å². The molecule has 0 bridgehead atoms. The minimum Gasteiger partial charge on any atom is -0.327 e. The molecule has 0 aromatic carbocycles. The zero-order chi connectivity index (χ0) is 4.99. The molecule has 0 fully saturated rings. The summed E-state index contributed by atoms with van der Waals surface area (Å²) in [6, 6.07) is 0.0370. The van der Waals surface area contributed by atoms with Gasteiger partial charge in [0.15, 0.2) is 0 Å². The fourth-order valence-corrected chi connectivity index (χ4v) is 0.262. The third-order valence-corrected chi connectivity index (χ3v) is 0.466. The van der Waals surface area contributed by atoms with Crippen LogP contribution >= 0.6 is 0 Å². The van der Waals surface area contributed by atoms with E-state index in [1.165, 1.54) is 0 Å². The molecule has 0 saturated heterocycles. The van der Waals surface area contributed by atoms with Crippen LogP contribution in [0, 0.1) is 6.92 Å². The molecule has 2 nitrogen and oxygen atoms in total. The summed E-state index contributed by atoms with van der Waals surface area (Å²) in [5.74, 6) is 0. The summed E-state index contributed by atoms with van der Waals surface area (Å²) in [5.41, 5.74) is 5.23. The van der Waals surface area contributed by atoms with Crippen LogP contribution in [0.3, 0.4) is 0 Å². The van der Waals surface area contributed by atoms with E-state index in [9.17, 15) is 0 Å². The number of nitrogens with two attached hydrogens (primary N) is 1. The molecule has 1 unspecified atom stereocenters. The molecule has 0 spiro atoms. The van der Waals surface area contributed by atoms with Crippen LogP contribution in [0.25, 0.3) is 0 Å². The molecule has 3 N–H and O–H groups in total. The van der Waals surface area contributed by atoms with Gasteiger partial charge in [0.25, 0.3) is 0 Å². The van der Waals surface area contributed by atoms with Crippen LogP contribution in [-0.2, 0) is 0 Å². The van der Waals surface area contributed by atoms with Crippen LogP contribution in [0.4, 0.5) is 0 Å². The highest BCUT2D eigenvalue weighted by molar-refractivity contribution is 4.62. The Balaban J connectivity index is 2.63. The van der Waals surface area contributed by atoms with E-state index < -0.39 is 0 Å². The average Bonchev–Trinajstić information content (AvgIpc) is 1.35. The van der Waals surface area contributed by atoms with Crippen LogP contribution < -0.4 is 11.1 Å². The molecule has 37 valence electrons. The maximum atomic E-state index is 5.23. The first-order valence-corrected chi connectivity index (χ1v) is 2.00. The summed E-state index contributed by atoms with van der Waals surface area (Å²) >= 11 is 0. The lowest BCUT2D eigenvalue weighted by molar-refractivity contribution is 0.710. The van der Waals surface area contributed by atoms with Crippen molar-refractivity contribution in [3.05, 3.63) is 6.92 Å². The number of nitrogens with one attached hydrogen (secondary N) is 1. The number of rotatable bonds is 2. The Morgan fingerprint density at radius 3 is 2.50 bits per heavy atom. The van der Waals surface area contributed by atoms with Crippen molar-refractivity contribution in [2.75, 3.05) is 13.6 Å². The topological polar surface area (TPSA) is 38.0 Å². The van der Waals surface area contributed by atoms with Gasteiger partial charge < -0.3 is 11.1 Å². The van der Waals surface area contributed by atoms with E-state index in [2.05, 4.69) is 12.2 Å². The van der Waals surface area contributed by atoms with Gasteiger partial charge in [0.2, 0.25) is 0 Å². The van der Waals surface area contributed by atoms with Gasteiger partial charge in [-0.15, -0.1) is 0 Å². The quantitative estimate of drug-likeness (QED) is 0.470.